The first kappa shape index (κ1) is 21.5. The van der Waals surface area contributed by atoms with E-state index in [-0.39, 0.29) is 17.2 Å². The average molecular weight is 383 g/mol. The van der Waals surface area contributed by atoms with Crippen molar-refractivity contribution in [2.45, 2.75) is 52.6 Å². The summed E-state index contributed by atoms with van der Waals surface area (Å²) in [4.78, 5) is 24.9. The zero-order valence-electron chi connectivity index (χ0n) is 17.3. The van der Waals surface area contributed by atoms with Crippen LogP contribution in [-0.4, -0.2) is 24.5 Å². The second-order valence-corrected chi connectivity index (χ2v) is 7.83. The van der Waals surface area contributed by atoms with Gasteiger partial charge in [-0.1, -0.05) is 52.0 Å². The number of anilines is 1. The lowest BCUT2D eigenvalue weighted by Crippen LogP contribution is -2.32. The van der Waals surface area contributed by atoms with E-state index in [1.54, 1.807) is 31.2 Å². The van der Waals surface area contributed by atoms with Crippen LogP contribution < -0.4 is 15.4 Å². The van der Waals surface area contributed by atoms with Gasteiger partial charge in [0, 0.05) is 6.54 Å². The van der Waals surface area contributed by atoms with Gasteiger partial charge in [-0.3, -0.25) is 9.59 Å². The summed E-state index contributed by atoms with van der Waals surface area (Å²) in [5.41, 5.74) is 2.17. The van der Waals surface area contributed by atoms with Gasteiger partial charge in [-0.15, -0.1) is 0 Å². The Balaban J connectivity index is 2.04. The van der Waals surface area contributed by atoms with Crippen molar-refractivity contribution in [1.29, 1.82) is 0 Å². The number of amides is 2. The minimum absolute atomic E-state index is 0.0591. The van der Waals surface area contributed by atoms with Crippen LogP contribution in [0.4, 0.5) is 5.69 Å². The Morgan fingerprint density at radius 1 is 1.04 bits per heavy atom. The number of para-hydroxylation sites is 1. The maximum Gasteiger partial charge on any atom is 0.265 e. The van der Waals surface area contributed by atoms with Gasteiger partial charge in [0.2, 0.25) is 0 Å². The third-order valence-electron chi connectivity index (χ3n) is 4.37. The van der Waals surface area contributed by atoms with E-state index in [0.717, 1.165) is 6.42 Å². The lowest BCUT2D eigenvalue weighted by molar-refractivity contribution is -0.122. The molecule has 0 aliphatic rings. The maximum absolute atomic E-state index is 12.6. The lowest BCUT2D eigenvalue weighted by atomic mass is 9.87. The van der Waals surface area contributed by atoms with Crippen LogP contribution in [0.1, 0.15) is 57.0 Å². The highest BCUT2D eigenvalue weighted by molar-refractivity contribution is 6.04. The standard InChI is InChI=1S/C23H30N2O3/c1-6-15-24-22(27)19-9-7-8-10-20(19)25-21(26)16(2)28-18-13-11-17(12-14-18)23(3,4)5/h7-14,16H,6,15H2,1-5H3,(H,24,27)(H,25,26). The van der Waals surface area contributed by atoms with E-state index >= 15 is 0 Å². The summed E-state index contributed by atoms with van der Waals surface area (Å²) in [5.74, 6) is 0.115. The molecule has 2 rings (SSSR count). The molecule has 0 aromatic heterocycles. The minimum atomic E-state index is -0.702. The number of rotatable bonds is 7. The highest BCUT2D eigenvalue weighted by Gasteiger charge is 2.19. The number of carbonyl (C=O) groups is 2. The largest absolute Gasteiger partial charge is 0.481 e. The summed E-state index contributed by atoms with van der Waals surface area (Å²) in [7, 11) is 0. The van der Waals surface area contributed by atoms with Crippen LogP contribution in [0.5, 0.6) is 5.75 Å². The summed E-state index contributed by atoms with van der Waals surface area (Å²) in [6.07, 6.45) is 0.145. The first-order chi connectivity index (χ1) is 13.2. The van der Waals surface area contributed by atoms with Gasteiger partial charge in [-0.2, -0.15) is 0 Å². The Bertz CT molecular complexity index is 807. The van der Waals surface area contributed by atoms with Crippen LogP contribution in [0.3, 0.4) is 0 Å². The quantitative estimate of drug-likeness (QED) is 0.739. The van der Waals surface area contributed by atoms with E-state index in [1.807, 2.05) is 31.2 Å². The zero-order valence-corrected chi connectivity index (χ0v) is 17.3. The molecule has 5 nitrogen and oxygen atoms in total. The first-order valence-electron chi connectivity index (χ1n) is 9.67. The van der Waals surface area contributed by atoms with E-state index in [4.69, 9.17) is 4.74 Å². The van der Waals surface area contributed by atoms with Gasteiger partial charge < -0.3 is 15.4 Å². The van der Waals surface area contributed by atoms with Crippen molar-refractivity contribution in [3.8, 4) is 5.75 Å². The molecule has 2 amide bonds. The van der Waals surface area contributed by atoms with Crippen LogP contribution in [-0.2, 0) is 10.2 Å². The van der Waals surface area contributed by atoms with Gasteiger partial charge in [0.25, 0.3) is 11.8 Å². The van der Waals surface area contributed by atoms with Gasteiger partial charge in [-0.05, 0) is 48.6 Å². The Morgan fingerprint density at radius 3 is 2.29 bits per heavy atom. The van der Waals surface area contributed by atoms with Crippen LogP contribution in [0.25, 0.3) is 0 Å². The average Bonchev–Trinajstić information content (AvgIpc) is 2.66. The summed E-state index contributed by atoms with van der Waals surface area (Å²) < 4.78 is 5.77. The van der Waals surface area contributed by atoms with Crippen molar-refractivity contribution in [2.24, 2.45) is 0 Å². The summed E-state index contributed by atoms with van der Waals surface area (Å²) in [6.45, 7) is 10.7. The zero-order chi connectivity index (χ0) is 20.7. The number of hydrogen-bond acceptors (Lipinski definition) is 3. The maximum atomic E-state index is 12.6. The second kappa shape index (κ2) is 9.40. The minimum Gasteiger partial charge on any atom is -0.481 e. The smallest absolute Gasteiger partial charge is 0.265 e. The number of nitrogens with one attached hydrogen (secondary N) is 2. The molecule has 28 heavy (non-hydrogen) atoms. The van der Waals surface area contributed by atoms with Gasteiger partial charge in [0.1, 0.15) is 5.75 Å². The Kier molecular flexibility index (Phi) is 7.21. The third kappa shape index (κ3) is 5.84. The molecule has 2 aromatic carbocycles. The summed E-state index contributed by atoms with van der Waals surface area (Å²) in [5, 5.41) is 5.63. The fourth-order valence-electron chi connectivity index (χ4n) is 2.65. The second-order valence-electron chi connectivity index (χ2n) is 7.83. The van der Waals surface area contributed by atoms with E-state index in [9.17, 15) is 9.59 Å². The molecule has 0 saturated heterocycles. The summed E-state index contributed by atoms with van der Waals surface area (Å²) >= 11 is 0. The van der Waals surface area contributed by atoms with Crippen molar-refractivity contribution in [2.75, 3.05) is 11.9 Å². The van der Waals surface area contributed by atoms with Crippen LogP contribution >= 0.6 is 0 Å². The Labute approximate surface area is 167 Å². The van der Waals surface area contributed by atoms with Crippen molar-refractivity contribution >= 4 is 17.5 Å². The molecule has 0 radical (unpaired) electrons. The molecule has 0 aliphatic carbocycles. The van der Waals surface area contributed by atoms with Crippen molar-refractivity contribution in [1.82, 2.24) is 5.32 Å². The fourth-order valence-corrected chi connectivity index (χ4v) is 2.65. The Morgan fingerprint density at radius 2 is 1.68 bits per heavy atom. The molecule has 0 heterocycles. The number of carbonyl (C=O) groups excluding carboxylic acids is 2. The number of ether oxygens (including phenoxy) is 1. The fraction of sp³-hybridized carbons (Fsp3) is 0.391. The van der Waals surface area contributed by atoms with Gasteiger partial charge in [-0.25, -0.2) is 0 Å². The molecule has 5 heteroatoms. The van der Waals surface area contributed by atoms with E-state index in [1.165, 1.54) is 5.56 Å². The summed E-state index contributed by atoms with van der Waals surface area (Å²) in [6, 6.07) is 14.7. The van der Waals surface area contributed by atoms with Crippen LogP contribution in [0.15, 0.2) is 48.5 Å². The lowest BCUT2D eigenvalue weighted by Gasteiger charge is -2.20. The molecule has 2 N–H and O–H groups in total. The molecule has 150 valence electrons. The highest BCUT2D eigenvalue weighted by atomic mass is 16.5. The third-order valence-corrected chi connectivity index (χ3v) is 4.37. The molecule has 1 unspecified atom stereocenters. The predicted molar refractivity (Wildman–Crippen MR) is 113 cm³/mol. The molecule has 0 bridgehead atoms. The SMILES string of the molecule is CCCNC(=O)c1ccccc1NC(=O)C(C)Oc1ccc(C(C)(C)C)cc1. The molecule has 2 aromatic rings. The normalized spacial score (nSPS) is 12.2. The molecular weight excluding hydrogens is 352 g/mol. The monoisotopic (exact) mass is 382 g/mol. The van der Waals surface area contributed by atoms with E-state index in [2.05, 4.69) is 31.4 Å². The van der Waals surface area contributed by atoms with Gasteiger partial charge in [0.05, 0.1) is 11.3 Å². The molecule has 0 aliphatic heterocycles. The van der Waals surface area contributed by atoms with E-state index in [0.29, 0.717) is 23.5 Å². The predicted octanol–water partition coefficient (Wildman–Crippen LogP) is 4.53. The van der Waals surface area contributed by atoms with Gasteiger partial charge in [0.15, 0.2) is 6.10 Å². The van der Waals surface area contributed by atoms with Crippen molar-refractivity contribution in [3.63, 3.8) is 0 Å². The van der Waals surface area contributed by atoms with Gasteiger partial charge >= 0.3 is 0 Å². The molecule has 0 spiro atoms. The van der Waals surface area contributed by atoms with Crippen LogP contribution in [0.2, 0.25) is 0 Å². The van der Waals surface area contributed by atoms with E-state index < -0.39 is 6.10 Å². The van der Waals surface area contributed by atoms with Crippen LogP contribution in [0, 0.1) is 0 Å². The molecule has 1 atom stereocenters. The topological polar surface area (TPSA) is 67.4 Å². The first-order valence-corrected chi connectivity index (χ1v) is 9.67. The number of hydrogen-bond donors (Lipinski definition) is 2. The Hall–Kier alpha value is -2.82. The molecule has 0 fully saturated rings. The number of benzene rings is 2. The van der Waals surface area contributed by atoms with Crippen molar-refractivity contribution in [3.05, 3.63) is 59.7 Å². The molecular formula is C23H30N2O3. The molecule has 0 saturated carbocycles. The van der Waals surface area contributed by atoms with Crippen molar-refractivity contribution < 1.29 is 14.3 Å². The highest BCUT2D eigenvalue weighted by Crippen LogP contribution is 2.25.